The number of carbonyl (C=O) groups is 1. The Morgan fingerprint density at radius 1 is 0.793 bits per heavy atom. The van der Waals surface area contributed by atoms with Gasteiger partial charge in [-0.2, -0.15) is 0 Å². The van der Waals surface area contributed by atoms with E-state index in [1.807, 2.05) is 13.8 Å². The summed E-state index contributed by atoms with van der Waals surface area (Å²) in [5, 5.41) is 0.851. The molecule has 1 aliphatic carbocycles. The number of carbonyl (C=O) groups excluding carboxylic acids is 1. The highest BCUT2D eigenvalue weighted by atomic mass is 35.5. The zero-order valence-corrected chi connectivity index (χ0v) is 19.1. The largest absolute Gasteiger partial charge is 0.464 e. The fourth-order valence-corrected chi connectivity index (χ4v) is 5.15. The summed E-state index contributed by atoms with van der Waals surface area (Å²) < 4.78 is 21.0. The predicted octanol–water partition coefficient (Wildman–Crippen LogP) is 6.14. The molecule has 0 N–H and O–H groups in total. The van der Waals surface area contributed by atoms with E-state index in [4.69, 9.17) is 65.4 Å². The Hall–Kier alpha value is -1.21. The fourth-order valence-electron chi connectivity index (χ4n) is 3.55. The molecule has 0 bridgehead atoms. The predicted molar refractivity (Wildman–Crippen MR) is 113 cm³/mol. The molecule has 9 heteroatoms. The van der Waals surface area contributed by atoms with Crippen molar-refractivity contribution >= 4 is 52.2 Å². The van der Waals surface area contributed by atoms with E-state index < -0.39 is 5.41 Å². The second-order valence-electron chi connectivity index (χ2n) is 6.90. The van der Waals surface area contributed by atoms with Crippen molar-refractivity contribution in [2.45, 2.75) is 19.3 Å². The Balaban J connectivity index is 2.29. The van der Waals surface area contributed by atoms with E-state index in [2.05, 4.69) is 0 Å². The molecule has 0 heterocycles. The summed E-state index contributed by atoms with van der Waals surface area (Å²) in [7, 11) is 2.96. The summed E-state index contributed by atoms with van der Waals surface area (Å²) in [6.45, 7) is 3.71. The van der Waals surface area contributed by atoms with Crippen LogP contribution in [0.1, 0.15) is 40.9 Å². The molecule has 1 aliphatic rings. The van der Waals surface area contributed by atoms with Gasteiger partial charge in [-0.05, 0) is 23.3 Å². The van der Waals surface area contributed by atoms with Crippen molar-refractivity contribution in [3.05, 3.63) is 54.5 Å². The van der Waals surface area contributed by atoms with Gasteiger partial charge in [-0.1, -0.05) is 60.3 Å². The Morgan fingerprint density at radius 2 is 1.17 bits per heavy atom. The van der Waals surface area contributed by atoms with Crippen LogP contribution in [0.4, 0.5) is 0 Å². The SMILES string of the molecule is COCOc1c(Cl)cc2c(c1Cl)C(C)(C)c1c(cc(Cl)c(OCOC)c1Cl)C2=O. The number of benzene rings is 2. The number of ketones is 1. The molecule has 0 aromatic heterocycles. The third-order valence-electron chi connectivity index (χ3n) is 4.73. The second-order valence-corrected chi connectivity index (χ2v) is 8.47. The molecule has 0 radical (unpaired) electrons. The van der Waals surface area contributed by atoms with Gasteiger partial charge in [0.05, 0.1) is 20.1 Å². The monoisotopic (exact) mass is 478 g/mol. The van der Waals surface area contributed by atoms with Gasteiger partial charge >= 0.3 is 0 Å². The van der Waals surface area contributed by atoms with Crippen LogP contribution in [-0.2, 0) is 14.9 Å². The molecule has 0 aliphatic heterocycles. The minimum atomic E-state index is -0.779. The molecule has 0 saturated carbocycles. The second kappa shape index (κ2) is 8.50. The first-order valence-electron chi connectivity index (χ1n) is 8.49. The van der Waals surface area contributed by atoms with Crippen LogP contribution in [0.25, 0.3) is 0 Å². The van der Waals surface area contributed by atoms with Crippen LogP contribution < -0.4 is 9.47 Å². The highest BCUT2D eigenvalue weighted by molar-refractivity contribution is 6.41. The quantitative estimate of drug-likeness (QED) is 0.466. The molecule has 0 saturated heterocycles. The van der Waals surface area contributed by atoms with Gasteiger partial charge in [0, 0.05) is 30.8 Å². The summed E-state index contributed by atoms with van der Waals surface area (Å²) >= 11 is 26.0. The summed E-state index contributed by atoms with van der Waals surface area (Å²) in [6.07, 6.45) is 0. The Kier molecular flexibility index (Phi) is 6.59. The highest BCUT2D eigenvalue weighted by Crippen LogP contribution is 2.53. The molecule has 29 heavy (non-hydrogen) atoms. The van der Waals surface area contributed by atoms with E-state index in [9.17, 15) is 4.79 Å². The van der Waals surface area contributed by atoms with E-state index >= 15 is 0 Å². The molecule has 3 rings (SSSR count). The molecule has 0 unspecified atom stereocenters. The first-order valence-corrected chi connectivity index (χ1v) is 10.0. The summed E-state index contributed by atoms with van der Waals surface area (Å²) in [5.41, 5.74) is 1.04. The van der Waals surface area contributed by atoms with Crippen LogP contribution in [0, 0.1) is 0 Å². The number of halogens is 4. The van der Waals surface area contributed by atoms with E-state index in [-0.39, 0.29) is 51.0 Å². The molecule has 0 fully saturated rings. The van der Waals surface area contributed by atoms with Gasteiger partial charge in [0.2, 0.25) is 0 Å². The third kappa shape index (κ3) is 3.69. The van der Waals surface area contributed by atoms with Crippen molar-refractivity contribution < 1.29 is 23.7 Å². The molecule has 0 amide bonds. The van der Waals surface area contributed by atoms with Gasteiger partial charge in [-0.3, -0.25) is 4.79 Å². The normalized spacial score (nSPS) is 14.4. The van der Waals surface area contributed by atoms with Crippen LogP contribution in [0.2, 0.25) is 20.1 Å². The number of ether oxygens (including phenoxy) is 4. The standard InChI is InChI=1S/C20H18Cl4O5/c1-20(2)13-9(5-11(21)18(15(13)23)28-7-26-3)17(25)10-6-12(22)19(29-8-27-4)16(24)14(10)20/h5-6H,7-8H2,1-4H3. The Bertz CT molecular complexity index is 912. The summed E-state index contributed by atoms with van der Waals surface area (Å²) in [5.74, 6) is 0.178. The van der Waals surface area contributed by atoms with Crippen LogP contribution in [0.15, 0.2) is 12.1 Å². The number of methoxy groups -OCH3 is 2. The van der Waals surface area contributed by atoms with E-state index in [1.54, 1.807) is 0 Å². The topological polar surface area (TPSA) is 54.0 Å². The lowest BCUT2D eigenvalue weighted by Crippen LogP contribution is -2.32. The zero-order chi connectivity index (χ0) is 21.5. The average Bonchev–Trinajstić information content (AvgIpc) is 2.64. The molecule has 0 atom stereocenters. The average molecular weight is 480 g/mol. The smallest absolute Gasteiger partial charge is 0.193 e. The van der Waals surface area contributed by atoms with Gasteiger partial charge in [-0.15, -0.1) is 0 Å². The molecular formula is C20H18Cl4O5. The van der Waals surface area contributed by atoms with Gasteiger partial charge in [-0.25, -0.2) is 0 Å². The van der Waals surface area contributed by atoms with Gasteiger partial charge in [0.1, 0.15) is 0 Å². The van der Waals surface area contributed by atoms with E-state index in [1.165, 1.54) is 26.4 Å². The Morgan fingerprint density at radius 3 is 1.52 bits per heavy atom. The van der Waals surface area contributed by atoms with Crippen molar-refractivity contribution in [3.63, 3.8) is 0 Å². The molecule has 156 valence electrons. The van der Waals surface area contributed by atoms with Crippen molar-refractivity contribution in [3.8, 4) is 11.5 Å². The number of fused-ring (bicyclic) bond motifs is 2. The van der Waals surface area contributed by atoms with E-state index in [0.29, 0.717) is 22.3 Å². The number of rotatable bonds is 6. The summed E-state index contributed by atoms with van der Waals surface area (Å²) in [4.78, 5) is 13.3. The van der Waals surface area contributed by atoms with Crippen LogP contribution in [0.3, 0.4) is 0 Å². The molecule has 2 aromatic carbocycles. The minimum absolute atomic E-state index is 0.0471. The molecule has 5 nitrogen and oxygen atoms in total. The number of hydrogen-bond acceptors (Lipinski definition) is 5. The molecule has 2 aromatic rings. The van der Waals surface area contributed by atoms with Gasteiger partial charge < -0.3 is 18.9 Å². The van der Waals surface area contributed by atoms with Crippen LogP contribution in [0.5, 0.6) is 11.5 Å². The lowest BCUT2D eigenvalue weighted by atomic mass is 9.68. The first-order chi connectivity index (χ1) is 13.7. The van der Waals surface area contributed by atoms with Crippen molar-refractivity contribution in [1.29, 1.82) is 0 Å². The van der Waals surface area contributed by atoms with Crippen molar-refractivity contribution in [1.82, 2.24) is 0 Å². The van der Waals surface area contributed by atoms with Crippen LogP contribution in [-0.4, -0.2) is 33.6 Å². The van der Waals surface area contributed by atoms with Crippen molar-refractivity contribution in [2.75, 3.05) is 27.8 Å². The maximum Gasteiger partial charge on any atom is 0.193 e. The van der Waals surface area contributed by atoms with Gasteiger partial charge in [0.25, 0.3) is 0 Å². The zero-order valence-electron chi connectivity index (χ0n) is 16.1. The fraction of sp³-hybridized carbons (Fsp3) is 0.350. The van der Waals surface area contributed by atoms with Crippen molar-refractivity contribution in [2.24, 2.45) is 0 Å². The molecular weight excluding hydrogens is 462 g/mol. The first kappa shape index (κ1) is 22.5. The maximum absolute atomic E-state index is 13.3. The lowest BCUT2D eigenvalue weighted by Gasteiger charge is -2.37. The number of hydrogen-bond donors (Lipinski definition) is 0. The Labute approximate surface area is 188 Å². The molecule has 0 spiro atoms. The highest BCUT2D eigenvalue weighted by Gasteiger charge is 2.43. The third-order valence-corrected chi connectivity index (χ3v) is 6.02. The van der Waals surface area contributed by atoms with E-state index in [0.717, 1.165) is 0 Å². The summed E-state index contributed by atoms with van der Waals surface area (Å²) in [6, 6.07) is 3.08. The lowest BCUT2D eigenvalue weighted by molar-refractivity contribution is 0.0511. The van der Waals surface area contributed by atoms with Gasteiger partial charge in [0.15, 0.2) is 30.9 Å². The minimum Gasteiger partial charge on any atom is -0.464 e. The van der Waals surface area contributed by atoms with Crippen LogP contribution >= 0.6 is 46.4 Å². The maximum atomic E-state index is 13.3.